The van der Waals surface area contributed by atoms with Crippen LogP contribution in [0.2, 0.25) is 0 Å². The summed E-state index contributed by atoms with van der Waals surface area (Å²) in [5.74, 6) is -0.794. The fraction of sp³-hybridized carbons (Fsp3) is 0.143. The second-order valence-electron chi connectivity index (χ2n) is 4.05. The van der Waals surface area contributed by atoms with Crippen LogP contribution in [0, 0.1) is 17.1 Å². The minimum atomic E-state index is -0.692. The second kappa shape index (κ2) is 6.43. The van der Waals surface area contributed by atoms with Gasteiger partial charge in [-0.2, -0.15) is 5.26 Å². The molecule has 1 amide bonds. The topological polar surface area (TPSA) is 90.7 Å². The van der Waals surface area contributed by atoms with E-state index in [2.05, 4.69) is 20.6 Å². The molecule has 1 aromatic heterocycles. The van der Waals surface area contributed by atoms with Crippen molar-refractivity contribution in [1.29, 1.82) is 5.26 Å². The first-order valence-electron chi connectivity index (χ1n) is 6.21. The van der Waals surface area contributed by atoms with Gasteiger partial charge in [0.15, 0.2) is 0 Å². The molecule has 2 N–H and O–H groups in total. The summed E-state index contributed by atoms with van der Waals surface area (Å²) in [6, 6.07) is 5.72. The minimum Gasteiger partial charge on any atom is -0.369 e. The highest BCUT2D eigenvalue weighted by atomic mass is 19.1. The first-order chi connectivity index (χ1) is 10.2. The number of carbonyl (C=O) groups excluding carboxylic acids is 1. The number of anilines is 2. The third kappa shape index (κ3) is 3.30. The van der Waals surface area contributed by atoms with E-state index in [1.807, 2.05) is 6.92 Å². The van der Waals surface area contributed by atoms with E-state index >= 15 is 0 Å². The van der Waals surface area contributed by atoms with Crippen molar-refractivity contribution in [2.45, 2.75) is 6.92 Å². The predicted octanol–water partition coefficient (Wildman–Crippen LogP) is 2.17. The van der Waals surface area contributed by atoms with Gasteiger partial charge in [0.25, 0.3) is 5.91 Å². The van der Waals surface area contributed by atoms with E-state index in [9.17, 15) is 9.18 Å². The Morgan fingerprint density at radius 3 is 2.95 bits per heavy atom. The number of nitrogens with one attached hydrogen (secondary N) is 2. The molecule has 0 aliphatic rings. The van der Waals surface area contributed by atoms with Crippen molar-refractivity contribution in [3.63, 3.8) is 0 Å². The number of nitrogens with zero attached hydrogens (tertiary/aromatic N) is 3. The second-order valence-corrected chi connectivity index (χ2v) is 4.05. The fourth-order valence-corrected chi connectivity index (χ4v) is 1.67. The Morgan fingerprint density at radius 2 is 2.24 bits per heavy atom. The molecule has 0 radical (unpaired) electrons. The number of aromatic nitrogens is 2. The number of hydrogen-bond acceptors (Lipinski definition) is 5. The average molecular weight is 285 g/mol. The quantitative estimate of drug-likeness (QED) is 0.898. The zero-order valence-corrected chi connectivity index (χ0v) is 11.2. The van der Waals surface area contributed by atoms with Crippen LogP contribution >= 0.6 is 0 Å². The van der Waals surface area contributed by atoms with E-state index in [4.69, 9.17) is 5.26 Å². The summed E-state index contributed by atoms with van der Waals surface area (Å²) in [7, 11) is 0. The van der Waals surface area contributed by atoms with Crippen molar-refractivity contribution in [3.05, 3.63) is 47.7 Å². The van der Waals surface area contributed by atoms with E-state index in [0.717, 1.165) is 6.07 Å². The van der Waals surface area contributed by atoms with Crippen LogP contribution in [0.4, 0.5) is 15.9 Å². The Hall–Kier alpha value is -3.01. The number of amides is 1. The molecule has 7 heteroatoms. The molecule has 106 valence electrons. The van der Waals surface area contributed by atoms with Gasteiger partial charge in [-0.05, 0) is 19.1 Å². The van der Waals surface area contributed by atoms with Crippen molar-refractivity contribution in [3.8, 4) is 6.07 Å². The van der Waals surface area contributed by atoms with Gasteiger partial charge >= 0.3 is 0 Å². The van der Waals surface area contributed by atoms with Crippen molar-refractivity contribution >= 4 is 17.4 Å². The van der Waals surface area contributed by atoms with Crippen LogP contribution in [0.25, 0.3) is 0 Å². The van der Waals surface area contributed by atoms with Gasteiger partial charge in [-0.3, -0.25) is 9.78 Å². The van der Waals surface area contributed by atoms with Crippen LogP contribution < -0.4 is 10.6 Å². The molecule has 0 saturated heterocycles. The normalized spacial score (nSPS) is 9.76. The maximum Gasteiger partial charge on any atom is 0.275 e. The smallest absolute Gasteiger partial charge is 0.275 e. The molecule has 0 spiro atoms. The number of benzene rings is 1. The third-order valence-electron chi connectivity index (χ3n) is 2.60. The zero-order chi connectivity index (χ0) is 15.2. The van der Waals surface area contributed by atoms with Gasteiger partial charge in [-0.25, -0.2) is 9.37 Å². The zero-order valence-electron chi connectivity index (χ0n) is 11.2. The van der Waals surface area contributed by atoms with Gasteiger partial charge in [-0.1, -0.05) is 6.07 Å². The van der Waals surface area contributed by atoms with E-state index in [-0.39, 0.29) is 16.9 Å². The molecule has 0 fully saturated rings. The molecule has 2 rings (SSSR count). The molecule has 1 aromatic carbocycles. The molecular weight excluding hydrogens is 273 g/mol. The van der Waals surface area contributed by atoms with Gasteiger partial charge in [-0.15, -0.1) is 0 Å². The number of carbonyl (C=O) groups is 1. The molecule has 21 heavy (non-hydrogen) atoms. The lowest BCUT2D eigenvalue weighted by molar-refractivity contribution is 0.102. The Labute approximate surface area is 120 Å². The van der Waals surface area contributed by atoms with E-state index in [0.29, 0.717) is 12.4 Å². The molecular formula is C14H12FN5O. The number of rotatable bonds is 4. The number of halogens is 1. The lowest BCUT2D eigenvalue weighted by Gasteiger charge is -2.08. The summed E-state index contributed by atoms with van der Waals surface area (Å²) in [5.41, 5.74) is -0.0543. The summed E-state index contributed by atoms with van der Waals surface area (Å²) in [5, 5.41) is 14.3. The van der Waals surface area contributed by atoms with Crippen molar-refractivity contribution in [1.82, 2.24) is 9.97 Å². The highest BCUT2D eigenvalue weighted by Gasteiger charge is 2.13. The molecule has 0 unspecified atom stereocenters. The van der Waals surface area contributed by atoms with Crippen LogP contribution in [0.1, 0.15) is 23.0 Å². The average Bonchev–Trinajstić information content (AvgIpc) is 2.48. The molecule has 1 heterocycles. The lowest BCUT2D eigenvalue weighted by Crippen LogP contribution is -2.16. The Morgan fingerprint density at radius 1 is 1.43 bits per heavy atom. The summed E-state index contributed by atoms with van der Waals surface area (Å²) < 4.78 is 13.5. The summed E-state index contributed by atoms with van der Waals surface area (Å²) >= 11 is 0. The van der Waals surface area contributed by atoms with Crippen molar-refractivity contribution < 1.29 is 9.18 Å². The minimum absolute atomic E-state index is 0.0709. The Balaban J connectivity index is 2.25. The molecule has 6 nitrogen and oxygen atoms in total. The third-order valence-corrected chi connectivity index (χ3v) is 2.60. The van der Waals surface area contributed by atoms with E-state index < -0.39 is 11.7 Å². The first-order valence-corrected chi connectivity index (χ1v) is 6.21. The fourth-order valence-electron chi connectivity index (χ4n) is 1.67. The lowest BCUT2D eigenvalue weighted by atomic mass is 10.2. The van der Waals surface area contributed by atoms with Gasteiger partial charge in [0, 0.05) is 6.54 Å². The van der Waals surface area contributed by atoms with Crippen molar-refractivity contribution in [2.75, 3.05) is 17.2 Å². The summed E-state index contributed by atoms with van der Waals surface area (Å²) in [6.07, 6.45) is 2.78. The van der Waals surface area contributed by atoms with Gasteiger partial charge < -0.3 is 10.6 Å². The maximum absolute atomic E-state index is 13.5. The SMILES string of the molecule is CCNc1cncc(C(=O)Nc2cccc(F)c2C#N)n1. The molecule has 0 aliphatic heterocycles. The predicted molar refractivity (Wildman–Crippen MR) is 75.3 cm³/mol. The highest BCUT2D eigenvalue weighted by Crippen LogP contribution is 2.18. The molecule has 2 aromatic rings. The molecule has 0 saturated carbocycles. The van der Waals surface area contributed by atoms with Gasteiger partial charge in [0.2, 0.25) is 0 Å². The van der Waals surface area contributed by atoms with E-state index in [1.165, 1.54) is 24.5 Å². The van der Waals surface area contributed by atoms with Gasteiger partial charge in [0.1, 0.15) is 29.0 Å². The van der Waals surface area contributed by atoms with Crippen LogP contribution in [0.3, 0.4) is 0 Å². The number of nitriles is 1. The molecule has 0 atom stereocenters. The van der Waals surface area contributed by atoms with Crippen LogP contribution in [-0.4, -0.2) is 22.4 Å². The molecule has 0 aliphatic carbocycles. The van der Waals surface area contributed by atoms with Gasteiger partial charge in [0.05, 0.1) is 18.1 Å². The first kappa shape index (κ1) is 14.4. The largest absolute Gasteiger partial charge is 0.369 e. The standard InChI is InChI=1S/C14H12FN5O/c1-2-18-13-8-17-7-12(19-13)14(21)20-11-5-3-4-10(15)9(11)6-16/h3-5,7-8H,2H2,1H3,(H,18,19)(H,20,21). The maximum atomic E-state index is 13.5. The summed E-state index contributed by atoms with van der Waals surface area (Å²) in [6.45, 7) is 2.53. The highest BCUT2D eigenvalue weighted by molar-refractivity contribution is 6.03. The summed E-state index contributed by atoms with van der Waals surface area (Å²) in [4.78, 5) is 20.1. The Bertz CT molecular complexity index is 711. The molecule has 0 bridgehead atoms. The van der Waals surface area contributed by atoms with Crippen LogP contribution in [0.5, 0.6) is 0 Å². The van der Waals surface area contributed by atoms with Crippen LogP contribution in [-0.2, 0) is 0 Å². The number of hydrogen-bond donors (Lipinski definition) is 2. The van der Waals surface area contributed by atoms with E-state index in [1.54, 1.807) is 6.07 Å². The monoisotopic (exact) mass is 285 g/mol. The van der Waals surface area contributed by atoms with Crippen LogP contribution in [0.15, 0.2) is 30.6 Å². The van der Waals surface area contributed by atoms with Crippen molar-refractivity contribution in [2.24, 2.45) is 0 Å². The Kier molecular flexibility index (Phi) is 4.41.